The molecule has 5 heteroatoms. The summed E-state index contributed by atoms with van der Waals surface area (Å²) < 4.78 is 15.4. The number of aromatic nitrogens is 1. The number of rotatable bonds is 5. The van der Waals surface area contributed by atoms with Crippen molar-refractivity contribution in [2.24, 2.45) is 0 Å². The fourth-order valence-corrected chi connectivity index (χ4v) is 1.75. The number of esters is 1. The average molecular weight is 285 g/mol. The summed E-state index contributed by atoms with van der Waals surface area (Å²) >= 11 is 0. The molecule has 0 bridgehead atoms. The Morgan fingerprint density at radius 1 is 1.10 bits per heavy atom. The van der Waals surface area contributed by atoms with Crippen LogP contribution in [0.3, 0.4) is 0 Å². The lowest BCUT2D eigenvalue weighted by Gasteiger charge is -2.11. The van der Waals surface area contributed by atoms with Gasteiger partial charge in [-0.15, -0.1) is 0 Å². The summed E-state index contributed by atoms with van der Waals surface area (Å²) in [5.74, 6) is 0.422. The minimum atomic E-state index is -0.506. The van der Waals surface area contributed by atoms with Gasteiger partial charge in [-0.25, -0.2) is 9.78 Å². The van der Waals surface area contributed by atoms with E-state index in [4.69, 9.17) is 14.2 Å². The third-order valence-electron chi connectivity index (χ3n) is 2.67. The second-order valence-electron chi connectivity index (χ2n) is 4.03. The summed E-state index contributed by atoms with van der Waals surface area (Å²) in [6.07, 6.45) is 2.95. The highest BCUT2D eigenvalue weighted by Gasteiger charge is 2.18. The van der Waals surface area contributed by atoms with Gasteiger partial charge in [0.2, 0.25) is 5.88 Å². The fourth-order valence-electron chi connectivity index (χ4n) is 1.75. The lowest BCUT2D eigenvalue weighted by atomic mass is 10.1. The number of hydrogen-bond donors (Lipinski definition) is 0. The highest BCUT2D eigenvalue weighted by molar-refractivity contribution is 6.17. The van der Waals surface area contributed by atoms with Gasteiger partial charge in [-0.2, -0.15) is 0 Å². The van der Waals surface area contributed by atoms with E-state index in [2.05, 4.69) is 4.98 Å². The van der Waals surface area contributed by atoms with Crippen molar-refractivity contribution in [1.29, 1.82) is 0 Å². The van der Waals surface area contributed by atoms with Gasteiger partial charge in [0, 0.05) is 17.8 Å². The summed E-state index contributed by atoms with van der Waals surface area (Å²) in [5, 5.41) is 0. The molecular weight excluding hydrogens is 270 g/mol. The molecule has 0 fully saturated rings. The molecule has 0 saturated heterocycles. The summed E-state index contributed by atoms with van der Waals surface area (Å²) in [5.41, 5.74) is 0.836. The Kier molecular flexibility index (Phi) is 4.93. The first-order valence-corrected chi connectivity index (χ1v) is 6.26. The number of ether oxygens (including phenoxy) is 3. The first-order chi connectivity index (χ1) is 10.3. The van der Waals surface area contributed by atoms with E-state index < -0.39 is 5.97 Å². The Morgan fingerprint density at radius 2 is 1.86 bits per heavy atom. The first kappa shape index (κ1) is 14.6. The van der Waals surface area contributed by atoms with Crippen molar-refractivity contribution in [2.45, 2.75) is 0 Å². The number of carbonyl (C=O) groups excluding carboxylic acids is 1. The summed E-state index contributed by atoms with van der Waals surface area (Å²) in [7, 11) is 2.78. The highest BCUT2D eigenvalue weighted by atomic mass is 16.5. The topological polar surface area (TPSA) is 57.7 Å². The van der Waals surface area contributed by atoms with Crippen LogP contribution in [0, 0.1) is 0 Å². The van der Waals surface area contributed by atoms with Crippen LogP contribution in [0.25, 0.3) is 5.57 Å². The number of para-hydroxylation sites is 1. The average Bonchev–Trinajstić information content (AvgIpc) is 2.54. The number of hydrogen-bond acceptors (Lipinski definition) is 5. The normalized spacial score (nSPS) is 10.9. The molecule has 0 N–H and O–H groups in total. The van der Waals surface area contributed by atoms with Gasteiger partial charge in [0.15, 0.2) is 0 Å². The Hall–Kier alpha value is -2.82. The van der Waals surface area contributed by atoms with Gasteiger partial charge in [-0.05, 0) is 12.1 Å². The number of nitrogens with zero attached hydrogens (tertiary/aromatic N) is 1. The Bertz CT molecular complexity index is 638. The molecule has 2 rings (SSSR count). The van der Waals surface area contributed by atoms with E-state index >= 15 is 0 Å². The molecular formula is C16H15NO4. The minimum absolute atomic E-state index is 0.270. The fraction of sp³-hybridized carbons (Fsp3) is 0.125. The standard InChI is InChI=1S/C16H15NO4/c1-19-11-13(16(18)20-2)12-7-3-4-8-14(12)21-15-9-5-6-10-17-15/h3-11H,1-2H3/b13-11+. The van der Waals surface area contributed by atoms with Crippen molar-refractivity contribution < 1.29 is 19.0 Å². The van der Waals surface area contributed by atoms with Crippen LogP contribution in [0.1, 0.15) is 5.56 Å². The molecule has 0 saturated carbocycles. The van der Waals surface area contributed by atoms with Crippen molar-refractivity contribution in [3.05, 3.63) is 60.5 Å². The van der Waals surface area contributed by atoms with Crippen molar-refractivity contribution >= 4 is 11.5 Å². The zero-order valence-corrected chi connectivity index (χ0v) is 11.8. The molecule has 0 radical (unpaired) electrons. The second-order valence-corrected chi connectivity index (χ2v) is 4.03. The van der Waals surface area contributed by atoms with E-state index in [1.165, 1.54) is 20.5 Å². The second kappa shape index (κ2) is 7.09. The van der Waals surface area contributed by atoms with E-state index in [9.17, 15) is 4.79 Å². The summed E-state index contributed by atoms with van der Waals surface area (Å²) in [6, 6.07) is 12.4. The molecule has 0 atom stereocenters. The van der Waals surface area contributed by atoms with Crippen LogP contribution in [-0.2, 0) is 14.3 Å². The maximum Gasteiger partial charge on any atom is 0.341 e. The number of benzene rings is 1. The molecule has 0 aliphatic heterocycles. The van der Waals surface area contributed by atoms with Crippen molar-refractivity contribution in [3.63, 3.8) is 0 Å². The molecule has 0 spiro atoms. The smallest absolute Gasteiger partial charge is 0.341 e. The SMILES string of the molecule is CO/C=C(/C(=O)OC)c1ccccc1Oc1ccccn1. The van der Waals surface area contributed by atoms with Crippen LogP contribution >= 0.6 is 0 Å². The van der Waals surface area contributed by atoms with Gasteiger partial charge in [-0.3, -0.25) is 0 Å². The molecule has 2 aromatic rings. The number of pyridine rings is 1. The quantitative estimate of drug-likeness (QED) is 0.480. The third kappa shape index (κ3) is 3.60. The largest absolute Gasteiger partial charge is 0.503 e. The third-order valence-corrected chi connectivity index (χ3v) is 2.67. The van der Waals surface area contributed by atoms with Crippen molar-refractivity contribution in [3.8, 4) is 11.6 Å². The molecule has 21 heavy (non-hydrogen) atoms. The zero-order chi connectivity index (χ0) is 15.1. The van der Waals surface area contributed by atoms with Crippen LogP contribution in [0.2, 0.25) is 0 Å². The van der Waals surface area contributed by atoms with Gasteiger partial charge in [0.25, 0.3) is 0 Å². The predicted molar refractivity (Wildman–Crippen MR) is 77.8 cm³/mol. The van der Waals surface area contributed by atoms with Crippen LogP contribution in [-0.4, -0.2) is 25.2 Å². The van der Waals surface area contributed by atoms with Crippen LogP contribution in [0.5, 0.6) is 11.6 Å². The van der Waals surface area contributed by atoms with Crippen LogP contribution < -0.4 is 4.74 Å². The van der Waals surface area contributed by atoms with Gasteiger partial charge < -0.3 is 14.2 Å². The molecule has 0 amide bonds. The van der Waals surface area contributed by atoms with Crippen LogP contribution in [0.15, 0.2) is 54.9 Å². The Balaban J connectivity index is 2.40. The van der Waals surface area contributed by atoms with E-state index in [0.717, 1.165) is 0 Å². The summed E-state index contributed by atoms with van der Waals surface area (Å²) in [4.78, 5) is 16.0. The monoisotopic (exact) mass is 285 g/mol. The molecule has 0 aliphatic rings. The molecule has 0 aliphatic carbocycles. The van der Waals surface area contributed by atoms with Crippen LogP contribution in [0.4, 0.5) is 0 Å². The minimum Gasteiger partial charge on any atom is -0.503 e. The highest BCUT2D eigenvalue weighted by Crippen LogP contribution is 2.30. The Morgan fingerprint density at radius 3 is 2.52 bits per heavy atom. The lowest BCUT2D eigenvalue weighted by Crippen LogP contribution is -2.05. The maximum atomic E-state index is 11.9. The van der Waals surface area contributed by atoms with E-state index in [0.29, 0.717) is 17.2 Å². The molecule has 1 heterocycles. The first-order valence-electron chi connectivity index (χ1n) is 6.26. The van der Waals surface area contributed by atoms with E-state index in [1.54, 1.807) is 36.5 Å². The maximum absolute atomic E-state index is 11.9. The lowest BCUT2D eigenvalue weighted by molar-refractivity contribution is -0.133. The van der Waals surface area contributed by atoms with Gasteiger partial charge in [-0.1, -0.05) is 24.3 Å². The molecule has 0 unspecified atom stereocenters. The molecule has 1 aromatic carbocycles. The van der Waals surface area contributed by atoms with Crippen molar-refractivity contribution in [2.75, 3.05) is 14.2 Å². The molecule has 108 valence electrons. The van der Waals surface area contributed by atoms with E-state index in [1.807, 2.05) is 12.1 Å². The van der Waals surface area contributed by atoms with Gasteiger partial charge in [0.05, 0.1) is 20.5 Å². The Labute approximate surface area is 122 Å². The predicted octanol–water partition coefficient (Wildman–Crippen LogP) is 3.03. The zero-order valence-electron chi connectivity index (χ0n) is 11.8. The van der Waals surface area contributed by atoms with Crippen molar-refractivity contribution in [1.82, 2.24) is 4.98 Å². The number of methoxy groups -OCH3 is 2. The van der Waals surface area contributed by atoms with Gasteiger partial charge >= 0.3 is 5.97 Å². The summed E-state index contributed by atoms with van der Waals surface area (Å²) in [6.45, 7) is 0. The number of carbonyl (C=O) groups is 1. The molecule has 5 nitrogen and oxygen atoms in total. The van der Waals surface area contributed by atoms with Gasteiger partial charge in [0.1, 0.15) is 11.3 Å². The molecule has 1 aromatic heterocycles. The van der Waals surface area contributed by atoms with E-state index in [-0.39, 0.29) is 5.57 Å².